The average molecular weight is 757 g/mol. The van der Waals surface area contributed by atoms with E-state index in [0.717, 1.165) is 71.4 Å². The van der Waals surface area contributed by atoms with Gasteiger partial charge in [-0.25, -0.2) is 0 Å². The third kappa shape index (κ3) is 7.94. The highest BCUT2D eigenvalue weighted by atomic mass is 127. The molecule has 0 saturated heterocycles. The highest BCUT2D eigenvalue weighted by Crippen LogP contribution is 2.41. The SMILES string of the molecule is CCI.O=C1C(c2ccc(/C=C/c3ccccc3)cc2)=C(c2ccc(N(c3ccccc3)c3ccccc3)cc2)C(=O)N1C1CCCCC1. The van der Waals surface area contributed by atoms with Crippen molar-refractivity contribution in [1.29, 1.82) is 0 Å². The molecule has 7 rings (SSSR count). The number of amides is 2. The first-order valence-electron chi connectivity index (χ1n) is 17.1. The Balaban J connectivity index is 0.00000134. The maximum absolute atomic E-state index is 14.2. The van der Waals surface area contributed by atoms with Crippen LogP contribution in [-0.4, -0.2) is 27.2 Å². The van der Waals surface area contributed by atoms with Gasteiger partial charge < -0.3 is 4.90 Å². The summed E-state index contributed by atoms with van der Waals surface area (Å²) in [7, 11) is 0. The van der Waals surface area contributed by atoms with Crippen LogP contribution in [-0.2, 0) is 9.59 Å². The van der Waals surface area contributed by atoms with Crippen molar-refractivity contribution < 1.29 is 9.59 Å². The maximum atomic E-state index is 14.2. The molecule has 0 unspecified atom stereocenters. The average Bonchev–Trinajstić information content (AvgIpc) is 3.42. The number of nitrogens with zero attached hydrogens (tertiary/aromatic N) is 2. The van der Waals surface area contributed by atoms with E-state index < -0.39 is 0 Å². The van der Waals surface area contributed by atoms with Crippen molar-refractivity contribution in [3.05, 3.63) is 162 Å². The van der Waals surface area contributed by atoms with Crippen LogP contribution in [0.2, 0.25) is 0 Å². The number of benzene rings is 5. The zero-order valence-electron chi connectivity index (χ0n) is 27.8. The Bertz CT molecular complexity index is 1860. The Morgan fingerprint density at radius 3 is 1.43 bits per heavy atom. The van der Waals surface area contributed by atoms with Gasteiger partial charge in [0.2, 0.25) is 0 Å². The molecule has 0 aromatic heterocycles. The number of alkyl halides is 1. The summed E-state index contributed by atoms with van der Waals surface area (Å²) in [5, 5.41) is 0. The summed E-state index contributed by atoms with van der Waals surface area (Å²) >= 11 is 2.29. The van der Waals surface area contributed by atoms with Crippen LogP contribution in [0.15, 0.2) is 140 Å². The minimum absolute atomic E-state index is 0.0553. The minimum Gasteiger partial charge on any atom is -0.311 e. The largest absolute Gasteiger partial charge is 0.311 e. The molecule has 246 valence electrons. The molecule has 0 radical (unpaired) electrons. The molecule has 5 aromatic rings. The summed E-state index contributed by atoms with van der Waals surface area (Å²) in [5.74, 6) is -0.366. The van der Waals surface area contributed by atoms with Gasteiger partial charge in [0.1, 0.15) is 0 Å². The first kappa shape index (κ1) is 34.1. The lowest BCUT2D eigenvalue weighted by molar-refractivity contribution is -0.139. The highest BCUT2D eigenvalue weighted by Gasteiger charge is 2.43. The summed E-state index contributed by atoms with van der Waals surface area (Å²) in [6.07, 6.45) is 9.10. The third-order valence-corrected chi connectivity index (χ3v) is 8.97. The van der Waals surface area contributed by atoms with Crippen molar-refractivity contribution in [2.24, 2.45) is 0 Å². The Hall–Kier alpha value is -4.75. The molecule has 2 amide bonds. The van der Waals surface area contributed by atoms with Gasteiger partial charge in [-0.15, -0.1) is 0 Å². The second-order valence-corrected chi connectivity index (χ2v) is 13.7. The molecule has 1 fully saturated rings. The zero-order chi connectivity index (χ0) is 34.0. The summed E-state index contributed by atoms with van der Waals surface area (Å²) < 4.78 is 1.22. The van der Waals surface area contributed by atoms with Crippen molar-refractivity contribution >= 4 is 74.8 Å². The normalized spacial score (nSPS) is 15.0. The molecular weight excluding hydrogens is 715 g/mol. The molecule has 0 N–H and O–H groups in total. The Kier molecular flexibility index (Phi) is 11.5. The number of anilines is 3. The minimum atomic E-state index is -0.185. The highest BCUT2D eigenvalue weighted by molar-refractivity contribution is 14.1. The topological polar surface area (TPSA) is 40.6 Å². The van der Waals surface area contributed by atoms with Gasteiger partial charge >= 0.3 is 0 Å². The van der Waals surface area contributed by atoms with Gasteiger partial charge in [-0.2, -0.15) is 0 Å². The number of carbonyl (C=O) groups excluding carboxylic acids is 2. The van der Waals surface area contributed by atoms with Gasteiger partial charge in [0, 0.05) is 23.1 Å². The van der Waals surface area contributed by atoms with Gasteiger partial charge in [-0.05, 0) is 75.9 Å². The molecule has 49 heavy (non-hydrogen) atoms. The molecule has 1 aliphatic carbocycles. The molecule has 5 heteroatoms. The number of rotatable bonds is 8. The van der Waals surface area contributed by atoms with Crippen LogP contribution in [0.25, 0.3) is 23.3 Å². The number of imide groups is 1. The molecule has 0 atom stereocenters. The van der Waals surface area contributed by atoms with E-state index in [2.05, 4.69) is 83.0 Å². The molecule has 0 bridgehead atoms. The molecule has 1 saturated carbocycles. The smallest absolute Gasteiger partial charge is 0.262 e. The second kappa shape index (κ2) is 16.6. The molecule has 1 heterocycles. The Morgan fingerprint density at radius 2 is 0.959 bits per heavy atom. The maximum Gasteiger partial charge on any atom is 0.262 e. The molecule has 5 aromatic carbocycles. The van der Waals surface area contributed by atoms with Crippen LogP contribution in [0.1, 0.15) is 61.3 Å². The molecule has 2 aliphatic rings. The number of hydrogen-bond donors (Lipinski definition) is 0. The van der Waals surface area contributed by atoms with Crippen molar-refractivity contribution in [1.82, 2.24) is 4.90 Å². The van der Waals surface area contributed by atoms with E-state index in [0.29, 0.717) is 11.1 Å². The molecular formula is C44H41IN2O2. The predicted octanol–water partition coefficient (Wildman–Crippen LogP) is 11.4. The van der Waals surface area contributed by atoms with E-state index in [4.69, 9.17) is 0 Å². The van der Waals surface area contributed by atoms with Crippen molar-refractivity contribution in [3.63, 3.8) is 0 Å². The summed E-state index contributed by atoms with van der Waals surface area (Å²) in [4.78, 5) is 32.1. The van der Waals surface area contributed by atoms with Gasteiger partial charge in [-0.3, -0.25) is 14.5 Å². The van der Waals surface area contributed by atoms with Gasteiger partial charge in [-0.1, -0.05) is 164 Å². The quantitative estimate of drug-likeness (QED) is 0.0685. The standard InChI is InChI=1S/C42H36N2O2.C2H5I/c45-41-39(33-25-23-32(24-26-33)22-21-31-13-5-1-6-14-31)40(42(46)44(41)37-19-11-4-12-20-37)34-27-29-38(30-28-34)43(35-15-7-2-8-16-35)36-17-9-3-10-18-36;1-2-3/h1-3,5-10,13-18,21-30,37H,4,11-12,19-20H2;2H2,1H3/b22-21+;. The monoisotopic (exact) mass is 756 g/mol. The van der Waals surface area contributed by atoms with Gasteiger partial charge in [0.05, 0.1) is 11.1 Å². The summed E-state index contributed by atoms with van der Waals surface area (Å²) in [6.45, 7) is 2.11. The lowest BCUT2D eigenvalue weighted by atomic mass is 9.94. The van der Waals surface area contributed by atoms with E-state index in [1.807, 2.05) is 103 Å². The fraction of sp³-hybridized carbons (Fsp3) is 0.182. The lowest BCUT2D eigenvalue weighted by Crippen LogP contribution is -2.42. The van der Waals surface area contributed by atoms with Crippen LogP contribution < -0.4 is 4.90 Å². The fourth-order valence-electron chi connectivity index (χ4n) is 6.65. The third-order valence-electron chi connectivity index (χ3n) is 8.97. The van der Waals surface area contributed by atoms with Crippen molar-refractivity contribution in [2.75, 3.05) is 9.33 Å². The van der Waals surface area contributed by atoms with Crippen molar-refractivity contribution in [2.45, 2.75) is 45.1 Å². The van der Waals surface area contributed by atoms with Crippen LogP contribution in [0, 0.1) is 0 Å². The number of halogens is 1. The number of carbonyl (C=O) groups is 2. The van der Waals surface area contributed by atoms with Crippen LogP contribution in [0.4, 0.5) is 17.1 Å². The second-order valence-electron chi connectivity index (χ2n) is 12.2. The van der Waals surface area contributed by atoms with Gasteiger partial charge in [0.25, 0.3) is 11.8 Å². The Labute approximate surface area is 303 Å². The van der Waals surface area contributed by atoms with E-state index in [1.54, 1.807) is 4.90 Å². The van der Waals surface area contributed by atoms with Crippen LogP contribution in [0.5, 0.6) is 0 Å². The van der Waals surface area contributed by atoms with Gasteiger partial charge in [0.15, 0.2) is 0 Å². The van der Waals surface area contributed by atoms with E-state index in [9.17, 15) is 9.59 Å². The molecule has 4 nitrogen and oxygen atoms in total. The number of para-hydroxylation sites is 2. The first-order chi connectivity index (χ1) is 24.1. The van der Waals surface area contributed by atoms with Crippen molar-refractivity contribution in [3.8, 4) is 0 Å². The predicted molar refractivity (Wildman–Crippen MR) is 213 cm³/mol. The Morgan fingerprint density at radius 1 is 0.571 bits per heavy atom. The fourth-order valence-corrected chi connectivity index (χ4v) is 6.65. The van der Waals surface area contributed by atoms with E-state index >= 15 is 0 Å². The molecule has 0 spiro atoms. The van der Waals surface area contributed by atoms with Crippen LogP contribution >= 0.6 is 22.6 Å². The zero-order valence-corrected chi connectivity index (χ0v) is 30.0. The lowest BCUT2D eigenvalue weighted by Gasteiger charge is -2.30. The summed E-state index contributed by atoms with van der Waals surface area (Å²) in [5.41, 5.74) is 7.70. The summed E-state index contributed by atoms with van der Waals surface area (Å²) in [6, 6.07) is 46.6. The van der Waals surface area contributed by atoms with Crippen LogP contribution in [0.3, 0.4) is 0 Å². The number of hydrogen-bond acceptors (Lipinski definition) is 3. The van der Waals surface area contributed by atoms with E-state index in [-0.39, 0.29) is 17.9 Å². The van der Waals surface area contributed by atoms with E-state index in [1.165, 1.54) is 4.43 Å². The molecule has 1 aliphatic heterocycles. The first-order valence-corrected chi connectivity index (χ1v) is 18.6.